The Labute approximate surface area is 317 Å². The number of nitrogens with one attached hydrogen (secondary N) is 1. The van der Waals surface area contributed by atoms with E-state index in [4.69, 9.17) is 15.2 Å². The van der Waals surface area contributed by atoms with Gasteiger partial charge >= 0.3 is 12.2 Å². The van der Waals surface area contributed by atoms with Crippen molar-refractivity contribution < 1.29 is 19.1 Å². The van der Waals surface area contributed by atoms with Gasteiger partial charge in [0.1, 0.15) is 13.2 Å². The minimum absolute atomic E-state index is 0.00636. The Morgan fingerprint density at radius 3 is 1.57 bits per heavy atom. The molecule has 2 fully saturated rings. The van der Waals surface area contributed by atoms with Gasteiger partial charge in [-0.2, -0.15) is 0 Å². The summed E-state index contributed by atoms with van der Waals surface area (Å²) >= 11 is 0. The summed E-state index contributed by atoms with van der Waals surface area (Å²) in [7, 11) is 0. The van der Waals surface area contributed by atoms with E-state index in [1.807, 2.05) is 113 Å². The second-order valence-corrected chi connectivity index (χ2v) is 14.8. The summed E-state index contributed by atoms with van der Waals surface area (Å²) in [6.45, 7) is 0.587. The third-order valence-corrected chi connectivity index (χ3v) is 11.6. The van der Waals surface area contributed by atoms with Crippen molar-refractivity contribution >= 4 is 29.2 Å². The molecule has 2 aliphatic heterocycles. The van der Waals surface area contributed by atoms with E-state index in [0.29, 0.717) is 25.0 Å². The molecule has 8 heteroatoms. The number of fused-ring (bicyclic) bond motifs is 4. The molecule has 276 valence electrons. The van der Waals surface area contributed by atoms with E-state index in [0.717, 1.165) is 72.3 Å². The SMILES string of the molecule is NC1c2ccccc2N(C(=O)OCc2ccccc2)C2CCCC12.O=C(OCc1ccccc1)N1c2ccccc2C(Nc2ccccc2)C2CCCC21. The minimum Gasteiger partial charge on any atom is -0.444 e. The molecule has 0 bridgehead atoms. The highest BCUT2D eigenvalue weighted by molar-refractivity contribution is 5.91. The molecule has 5 aromatic carbocycles. The first-order valence-corrected chi connectivity index (χ1v) is 19.3. The minimum atomic E-state index is -0.268. The van der Waals surface area contributed by atoms with Gasteiger partial charge in [-0.3, -0.25) is 9.80 Å². The van der Waals surface area contributed by atoms with E-state index >= 15 is 0 Å². The third kappa shape index (κ3) is 7.31. The zero-order valence-electron chi connectivity index (χ0n) is 30.5. The van der Waals surface area contributed by atoms with Gasteiger partial charge in [-0.25, -0.2) is 9.59 Å². The van der Waals surface area contributed by atoms with Crippen molar-refractivity contribution in [2.75, 3.05) is 15.1 Å². The molecule has 0 saturated heterocycles. The Morgan fingerprint density at radius 2 is 1.00 bits per heavy atom. The summed E-state index contributed by atoms with van der Waals surface area (Å²) in [5.74, 6) is 0.688. The van der Waals surface area contributed by atoms with Crippen LogP contribution in [0.1, 0.15) is 72.9 Å². The van der Waals surface area contributed by atoms with Crippen LogP contribution in [0.25, 0.3) is 0 Å². The van der Waals surface area contributed by atoms with Crippen LogP contribution in [0, 0.1) is 11.8 Å². The van der Waals surface area contributed by atoms with E-state index in [1.165, 1.54) is 5.56 Å². The van der Waals surface area contributed by atoms with E-state index < -0.39 is 0 Å². The van der Waals surface area contributed by atoms with Crippen molar-refractivity contribution in [2.45, 2.75) is 75.9 Å². The number of hydrogen-bond acceptors (Lipinski definition) is 6. The summed E-state index contributed by atoms with van der Waals surface area (Å²) < 4.78 is 11.4. The van der Waals surface area contributed by atoms with Gasteiger partial charge in [0.05, 0.1) is 17.4 Å². The van der Waals surface area contributed by atoms with Crippen molar-refractivity contribution in [1.82, 2.24) is 0 Å². The number of hydrogen-bond donors (Lipinski definition) is 2. The average molecular weight is 721 g/mol. The van der Waals surface area contributed by atoms with Crippen LogP contribution in [0.2, 0.25) is 0 Å². The highest BCUT2D eigenvalue weighted by atomic mass is 16.6. The average Bonchev–Trinajstić information content (AvgIpc) is 3.92. The van der Waals surface area contributed by atoms with Crippen LogP contribution < -0.4 is 20.9 Å². The maximum Gasteiger partial charge on any atom is 0.414 e. The normalized spacial score (nSPS) is 23.4. The summed E-state index contributed by atoms with van der Waals surface area (Å²) in [6, 6.07) is 46.7. The number of nitrogens with zero attached hydrogens (tertiary/aromatic N) is 2. The number of carbonyl (C=O) groups is 2. The Balaban J connectivity index is 0.000000157. The summed E-state index contributed by atoms with van der Waals surface area (Å²) in [5.41, 5.74) is 13.7. The molecule has 9 rings (SSSR count). The van der Waals surface area contributed by atoms with Crippen LogP contribution in [0.4, 0.5) is 26.7 Å². The van der Waals surface area contributed by atoms with Crippen LogP contribution in [0.3, 0.4) is 0 Å². The molecule has 4 aliphatic rings. The van der Waals surface area contributed by atoms with E-state index in [1.54, 1.807) is 0 Å². The molecule has 0 spiro atoms. The van der Waals surface area contributed by atoms with Crippen LogP contribution >= 0.6 is 0 Å². The van der Waals surface area contributed by atoms with Crippen LogP contribution in [0.5, 0.6) is 0 Å². The van der Waals surface area contributed by atoms with E-state index in [9.17, 15) is 9.59 Å². The monoisotopic (exact) mass is 720 g/mol. The van der Waals surface area contributed by atoms with Crippen molar-refractivity contribution in [3.05, 3.63) is 162 Å². The number of amides is 2. The first-order chi connectivity index (χ1) is 26.6. The molecule has 2 saturated carbocycles. The maximum atomic E-state index is 13.2. The van der Waals surface area contributed by atoms with Crippen molar-refractivity contribution in [3.8, 4) is 0 Å². The number of nitrogens with two attached hydrogens (primary N) is 1. The van der Waals surface area contributed by atoms with Gasteiger partial charge in [-0.15, -0.1) is 0 Å². The predicted octanol–water partition coefficient (Wildman–Crippen LogP) is 10.2. The van der Waals surface area contributed by atoms with Crippen molar-refractivity contribution in [3.63, 3.8) is 0 Å². The fraction of sp³-hybridized carbons (Fsp3) is 0.304. The molecular weight excluding hydrogens is 673 g/mol. The molecule has 6 atom stereocenters. The van der Waals surface area contributed by atoms with Gasteiger partial charge in [0.2, 0.25) is 0 Å². The highest BCUT2D eigenvalue weighted by Gasteiger charge is 2.47. The van der Waals surface area contributed by atoms with Crippen LogP contribution in [-0.2, 0) is 22.7 Å². The van der Waals surface area contributed by atoms with Gasteiger partial charge in [0, 0.05) is 29.7 Å². The Morgan fingerprint density at radius 1 is 0.556 bits per heavy atom. The number of rotatable bonds is 6. The summed E-state index contributed by atoms with van der Waals surface area (Å²) in [5, 5.41) is 3.75. The maximum absolute atomic E-state index is 13.2. The lowest BCUT2D eigenvalue weighted by atomic mass is 9.83. The zero-order valence-corrected chi connectivity index (χ0v) is 30.5. The van der Waals surface area contributed by atoms with Gasteiger partial charge in [-0.05, 0) is 78.1 Å². The number of anilines is 3. The standard InChI is InChI=1S/C26H26N2O2.C20H22N2O2/c29-26(30-18-19-10-3-1-4-11-19)28-23-16-8-7-14-21(23)25(22-15-9-17-24(22)28)27-20-12-5-2-6-13-20;21-19-15-9-4-5-11-17(15)22(18-12-6-10-16(18)19)20(23)24-13-14-7-2-1-3-8-14/h1-8,10-14,16,22,24-25,27H,9,15,17-18H2;1-5,7-9,11,16,18-19H,6,10,12-13,21H2. The predicted molar refractivity (Wildman–Crippen MR) is 213 cm³/mol. The number of benzene rings is 5. The molecule has 2 aliphatic carbocycles. The molecule has 2 heterocycles. The number of ether oxygens (including phenoxy) is 2. The highest BCUT2D eigenvalue weighted by Crippen LogP contribution is 2.49. The topological polar surface area (TPSA) is 97.1 Å². The molecular formula is C46H48N4O4. The lowest BCUT2D eigenvalue weighted by molar-refractivity contribution is 0.140. The van der Waals surface area contributed by atoms with Crippen molar-refractivity contribution in [1.29, 1.82) is 0 Å². The van der Waals surface area contributed by atoms with Gasteiger partial charge in [-0.1, -0.05) is 128 Å². The smallest absolute Gasteiger partial charge is 0.414 e. The molecule has 54 heavy (non-hydrogen) atoms. The molecule has 0 radical (unpaired) electrons. The van der Waals surface area contributed by atoms with Gasteiger partial charge in [0.15, 0.2) is 0 Å². The Kier molecular flexibility index (Phi) is 10.6. The number of carbonyl (C=O) groups excluding carboxylic acids is 2. The summed E-state index contributed by atoms with van der Waals surface area (Å²) in [4.78, 5) is 29.8. The Hall–Kier alpha value is -5.60. The fourth-order valence-corrected chi connectivity index (χ4v) is 9.11. The first kappa shape index (κ1) is 35.4. The van der Waals surface area contributed by atoms with E-state index in [-0.39, 0.29) is 36.4 Å². The molecule has 2 amide bonds. The van der Waals surface area contributed by atoms with E-state index in [2.05, 4.69) is 41.7 Å². The van der Waals surface area contributed by atoms with Crippen LogP contribution in [-0.4, -0.2) is 24.3 Å². The van der Waals surface area contributed by atoms with Gasteiger partial charge < -0.3 is 20.5 Å². The number of para-hydroxylation sites is 3. The zero-order chi connectivity index (χ0) is 36.9. The molecule has 5 aromatic rings. The lowest BCUT2D eigenvalue weighted by Crippen LogP contribution is -2.49. The molecule has 8 nitrogen and oxygen atoms in total. The quantitative estimate of drug-likeness (QED) is 0.181. The second kappa shape index (κ2) is 16.2. The van der Waals surface area contributed by atoms with Crippen LogP contribution in [0.15, 0.2) is 140 Å². The third-order valence-electron chi connectivity index (χ3n) is 11.6. The Bertz CT molecular complexity index is 2030. The fourth-order valence-electron chi connectivity index (χ4n) is 9.11. The second-order valence-electron chi connectivity index (χ2n) is 14.8. The molecule has 0 aromatic heterocycles. The van der Waals surface area contributed by atoms with Gasteiger partial charge in [0.25, 0.3) is 0 Å². The largest absolute Gasteiger partial charge is 0.444 e. The molecule has 6 unspecified atom stereocenters. The molecule has 3 N–H and O–H groups in total. The summed E-state index contributed by atoms with van der Waals surface area (Å²) in [6.07, 6.45) is 5.89. The van der Waals surface area contributed by atoms with Crippen molar-refractivity contribution in [2.24, 2.45) is 17.6 Å². The lowest BCUT2D eigenvalue weighted by Gasteiger charge is -2.43. The first-order valence-electron chi connectivity index (χ1n) is 19.3.